The summed E-state index contributed by atoms with van der Waals surface area (Å²) in [5, 5.41) is 0. The van der Waals surface area contributed by atoms with Gasteiger partial charge in [-0.1, -0.05) is 28.1 Å². The Bertz CT molecular complexity index is 623. The van der Waals surface area contributed by atoms with Crippen LogP contribution in [-0.4, -0.2) is 5.78 Å². The van der Waals surface area contributed by atoms with Crippen LogP contribution in [0.1, 0.15) is 21.5 Å². The lowest BCUT2D eigenvalue weighted by Crippen LogP contribution is -2.05. The Morgan fingerprint density at radius 3 is 2.44 bits per heavy atom. The quantitative estimate of drug-likeness (QED) is 0.687. The summed E-state index contributed by atoms with van der Waals surface area (Å²) >= 11 is 6.41. The maximum absolute atomic E-state index is 13.9. The first-order valence-corrected chi connectivity index (χ1v) is 6.84. The number of aryl methyl sites for hydroxylation is 1. The van der Waals surface area contributed by atoms with Gasteiger partial charge >= 0.3 is 0 Å². The molecule has 0 bridgehead atoms. The minimum absolute atomic E-state index is 0.0638. The normalized spacial score (nSPS) is 10.4. The van der Waals surface area contributed by atoms with Crippen molar-refractivity contribution in [3.05, 3.63) is 67.9 Å². The van der Waals surface area contributed by atoms with E-state index in [2.05, 4.69) is 31.9 Å². The van der Waals surface area contributed by atoms with Gasteiger partial charge in [0.25, 0.3) is 0 Å². The summed E-state index contributed by atoms with van der Waals surface area (Å²) in [6.07, 6.45) is 0. The molecule has 0 aliphatic heterocycles. The fourth-order valence-electron chi connectivity index (χ4n) is 1.63. The van der Waals surface area contributed by atoms with Gasteiger partial charge < -0.3 is 0 Å². The summed E-state index contributed by atoms with van der Waals surface area (Å²) in [5.74, 6) is -0.865. The van der Waals surface area contributed by atoms with E-state index in [1.165, 1.54) is 6.07 Å². The lowest BCUT2D eigenvalue weighted by Gasteiger charge is -2.06. The highest BCUT2D eigenvalue weighted by Gasteiger charge is 2.17. The Labute approximate surface area is 121 Å². The summed E-state index contributed by atoms with van der Waals surface area (Å²) in [6.45, 7) is 1.93. The predicted molar refractivity (Wildman–Crippen MR) is 76.4 cm³/mol. The SMILES string of the molecule is Cc1ccc(C(=O)c2cccc(Br)c2F)c(Br)c1. The molecule has 18 heavy (non-hydrogen) atoms. The molecule has 0 amide bonds. The number of ketones is 1. The van der Waals surface area contributed by atoms with Crippen molar-refractivity contribution in [1.82, 2.24) is 0 Å². The molecule has 0 aliphatic rings. The first-order chi connectivity index (χ1) is 8.50. The minimum Gasteiger partial charge on any atom is -0.288 e. The van der Waals surface area contributed by atoms with Gasteiger partial charge in [-0.25, -0.2) is 4.39 Å². The summed E-state index contributed by atoms with van der Waals surface area (Å²) in [5.41, 5.74) is 1.56. The third-order valence-electron chi connectivity index (χ3n) is 2.57. The van der Waals surface area contributed by atoms with Gasteiger partial charge in [-0.05, 0) is 52.7 Å². The Hall–Kier alpha value is -1.00. The van der Waals surface area contributed by atoms with Crippen LogP contribution in [-0.2, 0) is 0 Å². The van der Waals surface area contributed by atoms with E-state index in [-0.39, 0.29) is 15.8 Å². The van der Waals surface area contributed by atoms with Crippen molar-refractivity contribution in [2.45, 2.75) is 6.92 Å². The molecule has 4 heteroatoms. The van der Waals surface area contributed by atoms with Crippen LogP contribution in [0.15, 0.2) is 45.3 Å². The molecule has 0 saturated heterocycles. The van der Waals surface area contributed by atoms with E-state index in [9.17, 15) is 9.18 Å². The second kappa shape index (κ2) is 5.33. The van der Waals surface area contributed by atoms with Crippen LogP contribution in [0.25, 0.3) is 0 Å². The molecule has 0 heterocycles. The molecule has 92 valence electrons. The molecule has 0 radical (unpaired) electrons. The van der Waals surface area contributed by atoms with Crippen LogP contribution >= 0.6 is 31.9 Å². The van der Waals surface area contributed by atoms with Crippen molar-refractivity contribution in [2.24, 2.45) is 0 Å². The topological polar surface area (TPSA) is 17.1 Å². The molecule has 0 aliphatic carbocycles. The maximum Gasteiger partial charge on any atom is 0.197 e. The van der Waals surface area contributed by atoms with Crippen LogP contribution in [0.3, 0.4) is 0 Å². The predicted octanol–water partition coefficient (Wildman–Crippen LogP) is 4.89. The first-order valence-electron chi connectivity index (χ1n) is 5.25. The highest BCUT2D eigenvalue weighted by molar-refractivity contribution is 9.10. The van der Waals surface area contributed by atoms with Crippen molar-refractivity contribution < 1.29 is 9.18 Å². The van der Waals surface area contributed by atoms with Gasteiger partial charge in [0.1, 0.15) is 5.82 Å². The molecule has 0 saturated carbocycles. The third-order valence-corrected chi connectivity index (χ3v) is 3.83. The standard InChI is InChI=1S/C14H9Br2FO/c1-8-5-6-9(12(16)7-8)14(18)10-3-2-4-11(15)13(10)17/h2-7H,1H3. The highest BCUT2D eigenvalue weighted by Crippen LogP contribution is 2.25. The van der Waals surface area contributed by atoms with E-state index >= 15 is 0 Å². The molecule has 0 aromatic heterocycles. The van der Waals surface area contributed by atoms with Crippen molar-refractivity contribution >= 4 is 37.6 Å². The number of hydrogen-bond acceptors (Lipinski definition) is 1. The zero-order valence-electron chi connectivity index (χ0n) is 9.51. The lowest BCUT2D eigenvalue weighted by molar-refractivity contribution is 0.103. The minimum atomic E-state index is -0.532. The van der Waals surface area contributed by atoms with Crippen molar-refractivity contribution in [3.8, 4) is 0 Å². The largest absolute Gasteiger partial charge is 0.288 e. The molecule has 2 rings (SSSR count). The number of carbonyl (C=O) groups is 1. The fraction of sp³-hybridized carbons (Fsp3) is 0.0714. The zero-order valence-corrected chi connectivity index (χ0v) is 12.7. The molecule has 2 aromatic rings. The summed E-state index contributed by atoms with van der Waals surface area (Å²) < 4.78 is 14.8. The van der Waals surface area contributed by atoms with E-state index in [4.69, 9.17) is 0 Å². The molecule has 0 N–H and O–H groups in total. The maximum atomic E-state index is 13.9. The van der Waals surface area contributed by atoms with Gasteiger partial charge in [0.15, 0.2) is 5.78 Å². The van der Waals surface area contributed by atoms with Crippen molar-refractivity contribution in [3.63, 3.8) is 0 Å². The third kappa shape index (κ3) is 2.54. The van der Waals surface area contributed by atoms with Crippen LogP contribution in [0.4, 0.5) is 4.39 Å². The van der Waals surface area contributed by atoms with Gasteiger partial charge in [0.2, 0.25) is 0 Å². The molecule has 1 nitrogen and oxygen atoms in total. The van der Waals surface area contributed by atoms with E-state index in [0.29, 0.717) is 10.0 Å². The molecule has 0 unspecified atom stereocenters. The summed E-state index contributed by atoms with van der Waals surface area (Å²) in [6, 6.07) is 10.0. The Kier molecular flexibility index (Phi) is 3.97. The van der Waals surface area contributed by atoms with E-state index in [1.807, 2.05) is 19.1 Å². The molecule has 2 aromatic carbocycles. The van der Waals surface area contributed by atoms with Crippen molar-refractivity contribution in [1.29, 1.82) is 0 Å². The second-order valence-electron chi connectivity index (χ2n) is 3.91. The number of hydrogen-bond donors (Lipinski definition) is 0. The van der Waals surface area contributed by atoms with Crippen LogP contribution in [0, 0.1) is 12.7 Å². The molecule has 0 atom stereocenters. The average Bonchev–Trinajstić information content (AvgIpc) is 2.32. The Morgan fingerprint density at radius 2 is 1.78 bits per heavy atom. The summed E-state index contributed by atoms with van der Waals surface area (Å²) in [4.78, 5) is 12.3. The Morgan fingerprint density at radius 1 is 1.06 bits per heavy atom. The average molecular weight is 372 g/mol. The van der Waals surface area contributed by atoms with Crippen LogP contribution < -0.4 is 0 Å². The molecule has 0 spiro atoms. The smallest absolute Gasteiger partial charge is 0.197 e. The molecular weight excluding hydrogens is 363 g/mol. The number of halogens is 3. The number of carbonyl (C=O) groups excluding carboxylic acids is 1. The number of benzene rings is 2. The van der Waals surface area contributed by atoms with Gasteiger partial charge in [0, 0.05) is 10.0 Å². The van der Waals surface area contributed by atoms with Crippen LogP contribution in [0.5, 0.6) is 0 Å². The van der Waals surface area contributed by atoms with Gasteiger partial charge in [-0.15, -0.1) is 0 Å². The van der Waals surface area contributed by atoms with E-state index in [1.54, 1.807) is 18.2 Å². The summed E-state index contributed by atoms with van der Waals surface area (Å²) in [7, 11) is 0. The molecular formula is C14H9Br2FO. The van der Waals surface area contributed by atoms with Gasteiger partial charge in [0.05, 0.1) is 10.0 Å². The van der Waals surface area contributed by atoms with Crippen LogP contribution in [0.2, 0.25) is 0 Å². The zero-order chi connectivity index (χ0) is 13.3. The lowest BCUT2D eigenvalue weighted by atomic mass is 10.0. The van der Waals surface area contributed by atoms with Crippen molar-refractivity contribution in [2.75, 3.05) is 0 Å². The van der Waals surface area contributed by atoms with Gasteiger partial charge in [-0.2, -0.15) is 0 Å². The molecule has 0 fully saturated rings. The second-order valence-corrected chi connectivity index (χ2v) is 5.62. The Balaban J connectivity index is 2.51. The first kappa shape index (κ1) is 13.4. The highest BCUT2D eigenvalue weighted by atomic mass is 79.9. The van der Waals surface area contributed by atoms with E-state index < -0.39 is 5.82 Å². The number of rotatable bonds is 2. The fourth-order valence-corrected chi connectivity index (χ4v) is 2.67. The monoisotopic (exact) mass is 370 g/mol. The van der Waals surface area contributed by atoms with E-state index in [0.717, 1.165) is 5.56 Å². The van der Waals surface area contributed by atoms with Gasteiger partial charge in [-0.3, -0.25) is 4.79 Å².